The Labute approximate surface area is 255 Å². The lowest BCUT2D eigenvalue weighted by Crippen LogP contribution is -2.20. The van der Waals surface area contributed by atoms with Crippen molar-refractivity contribution in [1.29, 1.82) is 0 Å². The molecule has 1 heterocycles. The average Bonchev–Trinajstić information content (AvgIpc) is 3.03. The largest absolute Gasteiger partial charge is 0.488 e. The van der Waals surface area contributed by atoms with Crippen LogP contribution in [0.5, 0.6) is 5.75 Å². The number of hydrogen-bond donors (Lipinski definition) is 0. The third-order valence-corrected chi connectivity index (χ3v) is 11.3. The minimum Gasteiger partial charge on any atom is -0.488 e. The molecule has 0 bridgehead atoms. The van der Waals surface area contributed by atoms with Crippen molar-refractivity contribution in [3.8, 4) is 5.75 Å². The Kier molecular flexibility index (Phi) is 10.9. The minimum atomic E-state index is -0.592. The molecule has 2 aromatic carbocycles. The minimum absolute atomic E-state index is 0.0661. The number of carbonyl (C=O) groups is 1. The smallest absolute Gasteiger partial charge is 0.360 e. The van der Waals surface area contributed by atoms with E-state index >= 15 is 0 Å². The fourth-order valence-corrected chi connectivity index (χ4v) is 9.65. The first-order chi connectivity index (χ1) is 20.6. The van der Waals surface area contributed by atoms with Crippen molar-refractivity contribution in [2.24, 2.45) is 5.16 Å². The highest BCUT2D eigenvalue weighted by molar-refractivity contribution is 8.16. The first kappa shape index (κ1) is 30.5. The number of carbonyl (C=O) groups excluding carboxylic acids is 1. The van der Waals surface area contributed by atoms with Gasteiger partial charge in [-0.05, 0) is 49.4 Å². The fraction of sp³-hybridized carbons (Fsp3) is 0.485. The first-order valence-electron chi connectivity index (χ1n) is 14.9. The van der Waals surface area contributed by atoms with E-state index in [-0.39, 0.29) is 22.5 Å². The van der Waals surface area contributed by atoms with Crippen molar-refractivity contribution in [1.82, 2.24) is 0 Å². The quantitative estimate of drug-likeness (QED) is 0.0710. The number of fused-ring (bicyclic) bond motifs is 1. The fourth-order valence-electron chi connectivity index (χ4n) is 5.82. The van der Waals surface area contributed by atoms with Crippen LogP contribution < -0.4 is 10.4 Å². The summed E-state index contributed by atoms with van der Waals surface area (Å²) in [6.45, 7) is 0.181. The van der Waals surface area contributed by atoms with Crippen LogP contribution in [0.3, 0.4) is 0 Å². The summed E-state index contributed by atoms with van der Waals surface area (Å²) in [5.41, 5.74) is 2.57. The molecule has 7 nitrogen and oxygen atoms in total. The number of oxime groups is 1. The molecule has 0 N–H and O–H groups in total. The first-order valence-corrected chi connectivity index (χ1v) is 16.7. The van der Waals surface area contributed by atoms with Gasteiger partial charge in [0.15, 0.2) is 5.71 Å². The number of ether oxygens (including phenoxy) is 2. The lowest BCUT2D eigenvalue weighted by Gasteiger charge is -2.31. The summed E-state index contributed by atoms with van der Waals surface area (Å²) >= 11 is 4.03. The van der Waals surface area contributed by atoms with E-state index in [9.17, 15) is 9.59 Å². The monoisotopic (exact) mass is 609 g/mol. The number of hydrogen-bond acceptors (Lipinski definition) is 9. The van der Waals surface area contributed by atoms with Gasteiger partial charge in [-0.1, -0.05) is 67.9 Å². The molecular weight excluding hydrogens is 570 g/mol. The van der Waals surface area contributed by atoms with E-state index in [0.717, 1.165) is 16.5 Å². The van der Waals surface area contributed by atoms with Gasteiger partial charge in [-0.3, -0.25) is 0 Å². The number of thioether (sulfide) groups is 2. The number of benzene rings is 2. The number of methoxy groups -OCH3 is 1. The van der Waals surface area contributed by atoms with E-state index in [0.29, 0.717) is 27.4 Å². The molecule has 2 fully saturated rings. The lowest BCUT2D eigenvalue weighted by atomic mass is 10.0. The molecule has 0 unspecified atom stereocenters. The summed E-state index contributed by atoms with van der Waals surface area (Å²) in [5.74, 6) is 0.0943. The van der Waals surface area contributed by atoms with Gasteiger partial charge in [0, 0.05) is 27.5 Å². The van der Waals surface area contributed by atoms with E-state index in [1.165, 1.54) is 84.5 Å². The second-order valence-corrected chi connectivity index (χ2v) is 14.0. The third-order valence-electron chi connectivity index (χ3n) is 7.98. The molecule has 0 saturated heterocycles. The molecule has 224 valence electrons. The number of nitrogens with zero attached hydrogens (tertiary/aromatic N) is 1. The summed E-state index contributed by atoms with van der Waals surface area (Å²) in [4.78, 5) is 30.0. The molecule has 0 spiro atoms. The molecule has 3 aromatic rings. The van der Waals surface area contributed by atoms with Crippen LogP contribution in [-0.4, -0.2) is 36.4 Å². The zero-order chi connectivity index (χ0) is 29.3. The topological polar surface area (TPSA) is 87.3 Å². The number of rotatable bonds is 11. The Morgan fingerprint density at radius 1 is 0.905 bits per heavy atom. The Morgan fingerprint density at radius 3 is 2.19 bits per heavy atom. The van der Waals surface area contributed by atoms with Gasteiger partial charge in [-0.2, -0.15) is 0 Å². The highest BCUT2D eigenvalue weighted by Gasteiger charge is 2.30. The summed E-state index contributed by atoms with van der Waals surface area (Å²) < 4.78 is 17.5. The van der Waals surface area contributed by atoms with Gasteiger partial charge in [0.25, 0.3) is 0 Å². The summed E-state index contributed by atoms with van der Waals surface area (Å²) in [6.07, 6.45) is 12.5. The third kappa shape index (κ3) is 7.53. The molecule has 0 radical (unpaired) electrons. The highest BCUT2D eigenvalue weighted by atomic mass is 32.2. The second-order valence-electron chi connectivity index (χ2n) is 10.8. The van der Waals surface area contributed by atoms with Gasteiger partial charge in [0.05, 0.1) is 17.3 Å². The molecule has 0 atom stereocenters. The Bertz CT molecular complexity index is 1420. The van der Waals surface area contributed by atoms with Crippen molar-refractivity contribution < 1.29 is 23.5 Å². The van der Waals surface area contributed by atoms with Crippen molar-refractivity contribution in [2.45, 2.75) is 85.9 Å². The van der Waals surface area contributed by atoms with Gasteiger partial charge in [0.2, 0.25) is 0 Å². The van der Waals surface area contributed by atoms with Gasteiger partial charge in [-0.15, -0.1) is 23.5 Å². The van der Waals surface area contributed by atoms with Crippen LogP contribution in [0.25, 0.3) is 11.0 Å². The van der Waals surface area contributed by atoms with Crippen LogP contribution in [0.15, 0.2) is 62.9 Å². The summed E-state index contributed by atoms with van der Waals surface area (Å²) in [7, 11) is 2.71. The summed E-state index contributed by atoms with van der Waals surface area (Å²) in [6, 6.07) is 14.7. The normalized spacial score (nSPS) is 17.0. The Morgan fingerprint density at radius 2 is 1.55 bits per heavy atom. The van der Waals surface area contributed by atoms with E-state index in [1.54, 1.807) is 6.07 Å². The van der Waals surface area contributed by atoms with Crippen LogP contribution in [0.1, 0.15) is 85.5 Å². The van der Waals surface area contributed by atoms with E-state index in [2.05, 4.69) is 5.16 Å². The maximum Gasteiger partial charge on any atom is 0.360 e. The van der Waals surface area contributed by atoms with Gasteiger partial charge in [0.1, 0.15) is 25.0 Å². The zero-order valence-electron chi connectivity index (χ0n) is 24.3. The van der Waals surface area contributed by atoms with Crippen molar-refractivity contribution in [3.05, 3.63) is 75.6 Å². The van der Waals surface area contributed by atoms with Crippen molar-refractivity contribution >= 4 is 46.2 Å². The predicted molar refractivity (Wildman–Crippen MR) is 170 cm³/mol. The molecule has 0 aliphatic heterocycles. The molecule has 1 aromatic heterocycles. The van der Waals surface area contributed by atoms with Gasteiger partial charge < -0.3 is 18.7 Å². The van der Waals surface area contributed by atoms with Crippen LogP contribution >= 0.6 is 23.5 Å². The molecule has 42 heavy (non-hydrogen) atoms. The standard InChI is InChI=1S/C33H39NO6S2/c1-37-32(36)30(34-38-2)26-16-10-9-11-23(26)21-39-27-19-17-22-18-20-28(35)40-31(22)29(27)33(41-24-12-5-3-6-13-24)42-25-14-7-4-8-15-25/h9-11,16-20,24-25,33H,3-8,12-15,21H2,1-2H3/b34-30+. The second kappa shape index (κ2) is 15.0. The molecule has 0 amide bonds. The van der Waals surface area contributed by atoms with Crippen LogP contribution in [0.4, 0.5) is 0 Å². The zero-order valence-corrected chi connectivity index (χ0v) is 26.0. The van der Waals surface area contributed by atoms with Crippen molar-refractivity contribution in [3.63, 3.8) is 0 Å². The maximum atomic E-state index is 12.5. The molecule has 5 rings (SSSR count). The van der Waals surface area contributed by atoms with Crippen LogP contribution in [0.2, 0.25) is 0 Å². The van der Waals surface area contributed by atoms with E-state index in [1.807, 2.05) is 59.9 Å². The van der Waals surface area contributed by atoms with Gasteiger partial charge >= 0.3 is 11.6 Å². The maximum absolute atomic E-state index is 12.5. The Balaban J connectivity index is 1.54. The van der Waals surface area contributed by atoms with Gasteiger partial charge in [-0.25, -0.2) is 9.59 Å². The lowest BCUT2D eigenvalue weighted by molar-refractivity contribution is -0.132. The molecule has 2 aliphatic rings. The van der Waals surface area contributed by atoms with Crippen LogP contribution in [0, 0.1) is 0 Å². The predicted octanol–water partition coefficient (Wildman–Crippen LogP) is 8.03. The van der Waals surface area contributed by atoms with Crippen molar-refractivity contribution in [2.75, 3.05) is 14.2 Å². The molecule has 2 aliphatic carbocycles. The average molecular weight is 610 g/mol. The van der Waals surface area contributed by atoms with Crippen LogP contribution in [-0.2, 0) is 21.0 Å². The number of esters is 1. The van der Waals surface area contributed by atoms with E-state index in [4.69, 9.17) is 18.7 Å². The SMILES string of the molecule is CO/N=C(/C(=O)OC)c1ccccc1COc1ccc2ccc(=O)oc2c1C(SC1CCCCC1)SC1CCCCC1. The highest BCUT2D eigenvalue weighted by Crippen LogP contribution is 2.53. The summed E-state index contributed by atoms with van der Waals surface area (Å²) in [5, 5.41) is 5.95. The Hall–Kier alpha value is -2.91. The molecule has 9 heteroatoms. The molecule has 2 saturated carbocycles. The van der Waals surface area contributed by atoms with E-state index < -0.39 is 5.97 Å². The molecular formula is C33H39NO6S2.